The highest BCUT2D eigenvalue weighted by atomic mass is 19.1. The van der Waals surface area contributed by atoms with E-state index in [2.05, 4.69) is 25.7 Å². The Kier molecular flexibility index (Phi) is 5.94. The van der Waals surface area contributed by atoms with Gasteiger partial charge in [0.2, 0.25) is 0 Å². The largest absolute Gasteiger partial charge is 0.495 e. The van der Waals surface area contributed by atoms with Crippen molar-refractivity contribution in [3.63, 3.8) is 0 Å². The van der Waals surface area contributed by atoms with Gasteiger partial charge in [0.05, 0.1) is 67.8 Å². The van der Waals surface area contributed by atoms with Crippen LogP contribution in [0.25, 0.3) is 17.0 Å². The molecule has 0 unspecified atom stereocenters. The van der Waals surface area contributed by atoms with Crippen LogP contribution < -0.4 is 15.4 Å². The maximum atomic E-state index is 14.1. The molecular weight excluding hydrogens is 419 g/mol. The van der Waals surface area contributed by atoms with Crippen LogP contribution in [0.15, 0.2) is 30.7 Å². The second-order valence-electron chi connectivity index (χ2n) is 8.13. The Morgan fingerprint density at radius 1 is 1.34 bits per heavy atom. The minimum Gasteiger partial charge on any atom is -0.495 e. The van der Waals surface area contributed by atoms with Gasteiger partial charge in [-0.3, -0.25) is 9.78 Å². The first-order valence-electron chi connectivity index (χ1n) is 10.1. The van der Waals surface area contributed by atoms with E-state index >= 15 is 0 Å². The molecule has 1 saturated heterocycles. The number of nitrogens with zero attached hydrogens (tertiary/aromatic N) is 4. The Balaban J connectivity index is 1.63. The van der Waals surface area contributed by atoms with E-state index in [0.29, 0.717) is 41.7 Å². The number of aromatic nitrogens is 4. The van der Waals surface area contributed by atoms with Crippen LogP contribution in [0.5, 0.6) is 5.75 Å². The van der Waals surface area contributed by atoms with Gasteiger partial charge in [-0.1, -0.05) is 0 Å². The average Bonchev–Trinajstić information content (AvgIpc) is 3.16. The van der Waals surface area contributed by atoms with Crippen molar-refractivity contribution in [2.45, 2.75) is 31.7 Å². The van der Waals surface area contributed by atoms with Crippen molar-refractivity contribution in [2.75, 3.05) is 32.2 Å². The lowest BCUT2D eigenvalue weighted by molar-refractivity contribution is -0.00178. The third-order valence-electron chi connectivity index (χ3n) is 5.19. The van der Waals surface area contributed by atoms with Gasteiger partial charge in [-0.05, 0) is 19.9 Å². The fourth-order valence-corrected chi connectivity index (χ4v) is 3.11. The number of hydrogen-bond acceptors (Lipinski definition) is 8. The number of halogens is 1. The summed E-state index contributed by atoms with van der Waals surface area (Å²) in [5.41, 5.74) is 1.00. The number of rotatable bonds is 8. The zero-order valence-electron chi connectivity index (χ0n) is 18.0. The maximum Gasteiger partial charge on any atom is 0.255 e. The first-order chi connectivity index (χ1) is 15.3. The first kappa shape index (κ1) is 21.9. The molecule has 1 aliphatic heterocycles. The monoisotopic (exact) mass is 444 g/mol. The van der Waals surface area contributed by atoms with Gasteiger partial charge in [-0.25, -0.2) is 13.9 Å². The summed E-state index contributed by atoms with van der Waals surface area (Å²) in [6.45, 7) is 3.41. The number of nitrogens with one attached hydrogen (secondary N) is 2. The van der Waals surface area contributed by atoms with Gasteiger partial charge in [0.15, 0.2) is 5.65 Å². The molecule has 0 aromatic carbocycles. The van der Waals surface area contributed by atoms with Gasteiger partial charge in [0, 0.05) is 12.3 Å². The molecule has 0 spiro atoms. The summed E-state index contributed by atoms with van der Waals surface area (Å²) in [6.07, 6.45) is 3.02. The van der Waals surface area contributed by atoms with Crippen LogP contribution in [0.1, 0.15) is 24.2 Å². The third kappa shape index (κ3) is 4.48. The zero-order chi connectivity index (χ0) is 22.9. The van der Waals surface area contributed by atoms with Crippen molar-refractivity contribution in [3.8, 4) is 17.1 Å². The number of pyridine rings is 1. The molecule has 1 amide bonds. The van der Waals surface area contributed by atoms with Gasteiger partial charge in [-0.2, -0.15) is 5.10 Å². The highest BCUT2D eigenvalue weighted by molar-refractivity contribution is 6.00. The molecule has 0 saturated carbocycles. The highest BCUT2D eigenvalue weighted by Gasteiger charge is 2.28. The maximum absolute atomic E-state index is 14.1. The summed E-state index contributed by atoms with van der Waals surface area (Å²) in [6, 6.07) is 3.52. The summed E-state index contributed by atoms with van der Waals surface area (Å²) in [5, 5.41) is 19.9. The molecule has 32 heavy (non-hydrogen) atoms. The Morgan fingerprint density at radius 3 is 2.78 bits per heavy atom. The van der Waals surface area contributed by atoms with Crippen LogP contribution in [0, 0.1) is 0 Å². The number of alkyl halides is 1. The quantitative estimate of drug-likeness (QED) is 0.477. The van der Waals surface area contributed by atoms with Crippen molar-refractivity contribution in [1.29, 1.82) is 0 Å². The standard InChI is InChI=1S/C21H25FN6O4/c1-21(2,30)18(22)9-25-20(29)14-7-23-16(5-15(14)27-12-10-32-11-12)17-8-24-19-4-13(31-3)6-26-28(17)19/h4-8,12,18,30H,9-11H2,1-3H3,(H,23,27)(H,25,29)/t18-/m1/s1. The van der Waals surface area contributed by atoms with E-state index in [4.69, 9.17) is 9.47 Å². The smallest absolute Gasteiger partial charge is 0.255 e. The van der Waals surface area contributed by atoms with E-state index in [1.54, 1.807) is 36.2 Å². The lowest BCUT2D eigenvalue weighted by Gasteiger charge is -2.29. The van der Waals surface area contributed by atoms with Crippen molar-refractivity contribution in [1.82, 2.24) is 24.9 Å². The molecule has 3 N–H and O–H groups in total. The topological polar surface area (TPSA) is 123 Å². The number of anilines is 1. The number of methoxy groups -OCH3 is 1. The predicted octanol–water partition coefficient (Wildman–Crippen LogP) is 1.45. The highest BCUT2D eigenvalue weighted by Crippen LogP contribution is 2.26. The molecule has 4 rings (SSSR count). The minimum absolute atomic E-state index is 0.0478. The van der Waals surface area contributed by atoms with Crippen LogP contribution in [0.3, 0.4) is 0 Å². The van der Waals surface area contributed by atoms with Crippen LogP contribution >= 0.6 is 0 Å². The van der Waals surface area contributed by atoms with E-state index in [-0.39, 0.29) is 18.2 Å². The van der Waals surface area contributed by atoms with Crippen molar-refractivity contribution in [3.05, 3.63) is 36.3 Å². The molecule has 10 nitrogen and oxygen atoms in total. The fraction of sp³-hybridized carbons (Fsp3) is 0.429. The van der Waals surface area contributed by atoms with E-state index < -0.39 is 17.7 Å². The van der Waals surface area contributed by atoms with Gasteiger partial charge < -0.3 is 25.2 Å². The average molecular weight is 444 g/mol. The van der Waals surface area contributed by atoms with Gasteiger partial charge >= 0.3 is 0 Å². The molecular formula is C21H25FN6O4. The Hall–Kier alpha value is -3.31. The van der Waals surface area contributed by atoms with Crippen LogP contribution in [-0.4, -0.2) is 75.3 Å². The second-order valence-corrected chi connectivity index (χ2v) is 8.13. The Bertz CT molecular complexity index is 1130. The molecule has 4 heterocycles. The van der Waals surface area contributed by atoms with Crippen molar-refractivity contribution >= 4 is 17.2 Å². The molecule has 0 aliphatic carbocycles. The molecule has 0 radical (unpaired) electrons. The van der Waals surface area contributed by atoms with E-state index in [0.717, 1.165) is 0 Å². The number of aliphatic hydroxyl groups is 1. The van der Waals surface area contributed by atoms with E-state index in [1.807, 2.05) is 0 Å². The Labute approximate surface area is 183 Å². The Morgan fingerprint density at radius 2 is 2.12 bits per heavy atom. The molecule has 11 heteroatoms. The van der Waals surface area contributed by atoms with Crippen LogP contribution in [0.4, 0.5) is 10.1 Å². The summed E-state index contributed by atoms with van der Waals surface area (Å²) < 4.78 is 26.1. The minimum atomic E-state index is -1.61. The number of carbonyl (C=O) groups excluding carboxylic acids is 1. The number of imidazole rings is 1. The van der Waals surface area contributed by atoms with Gasteiger partial charge in [0.1, 0.15) is 17.6 Å². The SMILES string of the molecule is COc1cnn2c(-c3cc(NC4COC4)c(C(=O)NC[C@@H](F)C(C)(C)O)cn3)cnc2c1. The summed E-state index contributed by atoms with van der Waals surface area (Å²) in [4.78, 5) is 21.5. The third-order valence-corrected chi connectivity index (χ3v) is 5.19. The number of carbonyl (C=O) groups is 1. The van der Waals surface area contributed by atoms with Crippen LogP contribution in [0.2, 0.25) is 0 Å². The van der Waals surface area contributed by atoms with Gasteiger partial charge in [0.25, 0.3) is 5.91 Å². The number of ether oxygens (including phenoxy) is 2. The second kappa shape index (κ2) is 8.67. The molecule has 3 aromatic heterocycles. The molecule has 170 valence electrons. The van der Waals surface area contributed by atoms with Crippen molar-refractivity contribution < 1.29 is 23.8 Å². The molecule has 1 aliphatic rings. The summed E-state index contributed by atoms with van der Waals surface area (Å²) >= 11 is 0. The first-order valence-corrected chi connectivity index (χ1v) is 10.1. The fourth-order valence-electron chi connectivity index (χ4n) is 3.11. The van der Waals surface area contributed by atoms with Gasteiger partial charge in [-0.15, -0.1) is 0 Å². The van der Waals surface area contributed by atoms with E-state index in [9.17, 15) is 14.3 Å². The molecule has 1 atom stereocenters. The predicted molar refractivity (Wildman–Crippen MR) is 115 cm³/mol. The molecule has 1 fully saturated rings. The summed E-state index contributed by atoms with van der Waals surface area (Å²) in [5.74, 6) is 0.0823. The lowest BCUT2D eigenvalue weighted by atomic mass is 10.0. The zero-order valence-corrected chi connectivity index (χ0v) is 18.0. The molecule has 3 aromatic rings. The van der Waals surface area contributed by atoms with Crippen LogP contribution in [-0.2, 0) is 4.74 Å². The number of amides is 1. The summed E-state index contributed by atoms with van der Waals surface area (Å²) in [7, 11) is 1.55. The molecule has 0 bridgehead atoms. The number of hydrogen-bond donors (Lipinski definition) is 3. The van der Waals surface area contributed by atoms with E-state index in [1.165, 1.54) is 20.0 Å². The number of fused-ring (bicyclic) bond motifs is 1. The lowest BCUT2D eigenvalue weighted by Crippen LogP contribution is -2.43. The van der Waals surface area contributed by atoms with Crippen molar-refractivity contribution in [2.24, 2.45) is 0 Å². The normalized spacial score (nSPS) is 15.3.